The van der Waals surface area contributed by atoms with Crippen molar-refractivity contribution < 1.29 is 31.9 Å². The first-order valence-electron chi connectivity index (χ1n) is 3.38. The summed E-state index contributed by atoms with van der Waals surface area (Å²) in [4.78, 5) is 10.0. The molecule has 0 aliphatic heterocycles. The van der Waals surface area contributed by atoms with Crippen molar-refractivity contribution in [2.75, 3.05) is 5.12 Å². The molecule has 1 rings (SSSR count). The monoisotopic (exact) mass is 227 g/mol. The second kappa shape index (κ2) is 3.71. The molecule has 8 heteroatoms. The van der Waals surface area contributed by atoms with E-state index >= 15 is 0 Å². The van der Waals surface area contributed by atoms with Crippen LogP contribution in [0.2, 0.25) is 0 Å². The number of carboxylic acid groups (broad SMARTS) is 1. The predicted molar refractivity (Wildman–Crippen MR) is 37.9 cm³/mol. The van der Waals surface area contributed by atoms with Gasteiger partial charge in [0.15, 0.2) is 23.3 Å². The van der Waals surface area contributed by atoms with Gasteiger partial charge in [-0.1, -0.05) is 4.48 Å². The fourth-order valence-corrected chi connectivity index (χ4v) is 0.806. The van der Waals surface area contributed by atoms with E-state index < -0.39 is 40.2 Å². The fourth-order valence-electron chi connectivity index (χ4n) is 0.806. The van der Waals surface area contributed by atoms with Crippen molar-refractivity contribution in [3.8, 4) is 0 Å². The topological polar surface area (TPSA) is 40.5 Å². The highest BCUT2D eigenvalue weighted by Gasteiger charge is 2.25. The summed E-state index contributed by atoms with van der Waals surface area (Å²) in [6.45, 7) is 0. The fraction of sp³-hybridized carbons (Fsp3) is 0. The Morgan fingerprint density at radius 2 is 1.67 bits per heavy atom. The average molecular weight is 227 g/mol. The smallest absolute Gasteiger partial charge is 0.440 e. The van der Waals surface area contributed by atoms with Gasteiger partial charge in [0, 0.05) is 6.07 Å². The van der Waals surface area contributed by atoms with Gasteiger partial charge in [0.25, 0.3) is 0 Å². The van der Waals surface area contributed by atoms with Crippen molar-refractivity contribution in [1.29, 1.82) is 0 Å². The van der Waals surface area contributed by atoms with Crippen LogP contribution in [0.1, 0.15) is 0 Å². The van der Waals surface area contributed by atoms with Crippen LogP contribution < -0.4 is 5.12 Å². The van der Waals surface area contributed by atoms with Gasteiger partial charge in [-0.05, 0) is 0 Å². The number of anilines is 1. The Morgan fingerprint density at radius 1 is 1.13 bits per heavy atom. The lowest BCUT2D eigenvalue weighted by Crippen LogP contribution is -2.21. The molecule has 0 saturated heterocycles. The van der Waals surface area contributed by atoms with Gasteiger partial charge < -0.3 is 5.11 Å². The highest BCUT2D eigenvalue weighted by Crippen LogP contribution is 2.26. The van der Waals surface area contributed by atoms with Crippen molar-refractivity contribution in [2.45, 2.75) is 0 Å². The molecule has 15 heavy (non-hydrogen) atoms. The Morgan fingerprint density at radius 3 is 2.13 bits per heavy atom. The summed E-state index contributed by atoms with van der Waals surface area (Å²) >= 11 is 0. The molecular formula is C7H2F5NO2. The largest absolute Gasteiger partial charge is 0.463 e. The van der Waals surface area contributed by atoms with E-state index in [2.05, 4.69) is 0 Å². The van der Waals surface area contributed by atoms with Crippen LogP contribution in [0.4, 0.5) is 32.5 Å². The normalized spacial score (nSPS) is 10.2. The second-order valence-electron chi connectivity index (χ2n) is 2.38. The van der Waals surface area contributed by atoms with Gasteiger partial charge in [-0.2, -0.15) is 0 Å². The van der Waals surface area contributed by atoms with E-state index in [9.17, 15) is 26.8 Å². The Hall–Kier alpha value is -1.86. The van der Waals surface area contributed by atoms with Crippen molar-refractivity contribution in [1.82, 2.24) is 0 Å². The number of nitrogens with zero attached hydrogens (tertiary/aromatic N) is 1. The van der Waals surface area contributed by atoms with Crippen LogP contribution in [0.5, 0.6) is 0 Å². The van der Waals surface area contributed by atoms with Gasteiger partial charge in [-0.15, -0.1) is 5.12 Å². The molecule has 0 aliphatic rings. The van der Waals surface area contributed by atoms with Crippen LogP contribution in [0.3, 0.4) is 0 Å². The molecule has 82 valence electrons. The number of benzene rings is 1. The number of hydrogen-bond acceptors (Lipinski definition) is 1. The minimum Gasteiger partial charge on any atom is -0.463 e. The van der Waals surface area contributed by atoms with Crippen molar-refractivity contribution >= 4 is 11.8 Å². The number of carbonyl (C=O) groups is 1. The quantitative estimate of drug-likeness (QED) is 0.346. The van der Waals surface area contributed by atoms with Crippen molar-refractivity contribution in [2.24, 2.45) is 0 Å². The molecule has 3 nitrogen and oxygen atoms in total. The third-order valence-corrected chi connectivity index (χ3v) is 1.46. The predicted octanol–water partition coefficient (Wildman–Crippen LogP) is 2.61. The Labute approximate surface area is 79.3 Å². The molecule has 0 saturated carbocycles. The Kier molecular flexibility index (Phi) is 2.78. The molecule has 1 aromatic carbocycles. The van der Waals surface area contributed by atoms with E-state index in [1.54, 1.807) is 0 Å². The molecule has 0 atom stereocenters. The maximum absolute atomic E-state index is 12.7. The molecule has 0 aliphatic carbocycles. The maximum atomic E-state index is 12.7. The maximum Gasteiger partial charge on any atom is 0.440 e. The molecule has 0 fully saturated rings. The molecule has 0 aromatic heterocycles. The summed E-state index contributed by atoms with van der Waals surface area (Å²) in [7, 11) is 0. The van der Waals surface area contributed by atoms with Gasteiger partial charge in [-0.25, -0.2) is 22.4 Å². The van der Waals surface area contributed by atoms with E-state index in [0.29, 0.717) is 0 Å². The van der Waals surface area contributed by atoms with Crippen LogP contribution in [0.25, 0.3) is 0 Å². The molecular weight excluding hydrogens is 225 g/mol. The van der Waals surface area contributed by atoms with Crippen LogP contribution in [0, 0.1) is 23.3 Å². The van der Waals surface area contributed by atoms with E-state index in [4.69, 9.17) is 5.11 Å². The summed E-state index contributed by atoms with van der Waals surface area (Å²) in [6, 6.07) is -0.109. The Balaban J connectivity index is 3.38. The van der Waals surface area contributed by atoms with Crippen LogP contribution in [0.15, 0.2) is 6.07 Å². The van der Waals surface area contributed by atoms with Gasteiger partial charge >= 0.3 is 6.09 Å². The molecule has 1 amide bonds. The highest BCUT2D eigenvalue weighted by molar-refractivity contribution is 5.83. The van der Waals surface area contributed by atoms with Crippen molar-refractivity contribution in [3.05, 3.63) is 29.3 Å². The molecule has 1 N–H and O–H groups in total. The molecule has 0 heterocycles. The van der Waals surface area contributed by atoms with Gasteiger partial charge in [0.1, 0.15) is 5.69 Å². The average Bonchev–Trinajstić information content (AvgIpc) is 2.19. The van der Waals surface area contributed by atoms with E-state index in [-0.39, 0.29) is 6.07 Å². The number of halogens is 5. The number of amides is 1. The van der Waals surface area contributed by atoms with Gasteiger partial charge in [-0.3, -0.25) is 0 Å². The third-order valence-electron chi connectivity index (χ3n) is 1.46. The minimum atomic E-state index is -2.29. The van der Waals surface area contributed by atoms with E-state index in [1.165, 1.54) is 0 Å². The molecule has 1 aromatic rings. The summed E-state index contributed by atoms with van der Waals surface area (Å²) < 4.78 is 62.6. The zero-order valence-electron chi connectivity index (χ0n) is 6.77. The summed E-state index contributed by atoms with van der Waals surface area (Å²) in [5.74, 6) is -8.45. The zero-order valence-corrected chi connectivity index (χ0v) is 6.77. The van der Waals surface area contributed by atoms with Crippen LogP contribution in [-0.4, -0.2) is 11.2 Å². The van der Waals surface area contributed by atoms with E-state index in [1.807, 2.05) is 0 Å². The zero-order chi connectivity index (χ0) is 11.7. The first kappa shape index (κ1) is 11.2. The third kappa shape index (κ3) is 1.83. The van der Waals surface area contributed by atoms with Gasteiger partial charge in [0.2, 0.25) is 0 Å². The molecule has 0 spiro atoms. The molecule has 0 radical (unpaired) electrons. The van der Waals surface area contributed by atoms with Crippen molar-refractivity contribution in [3.63, 3.8) is 0 Å². The Bertz CT molecular complexity index is 422. The van der Waals surface area contributed by atoms with Crippen LogP contribution >= 0.6 is 0 Å². The standard InChI is InChI=1S/C7H2F5NO2/c8-2-1-3(13(12)7(14)15)5(10)6(11)4(2)9/h1H,(H,14,15). The van der Waals surface area contributed by atoms with Crippen LogP contribution in [-0.2, 0) is 0 Å². The lowest BCUT2D eigenvalue weighted by molar-refractivity contribution is 0.185. The summed E-state index contributed by atoms with van der Waals surface area (Å²) in [5, 5.41) is 6.79. The highest BCUT2D eigenvalue weighted by atomic mass is 19.2. The molecule has 0 bridgehead atoms. The number of rotatable bonds is 1. The first-order chi connectivity index (χ1) is 6.86. The lowest BCUT2D eigenvalue weighted by atomic mass is 10.2. The van der Waals surface area contributed by atoms with Gasteiger partial charge in [0.05, 0.1) is 0 Å². The van der Waals surface area contributed by atoms with E-state index in [0.717, 1.165) is 0 Å². The SMILES string of the molecule is O=C(O)N(F)c1cc(F)c(F)c(F)c1F. The lowest BCUT2D eigenvalue weighted by Gasteiger charge is -2.09. The minimum absolute atomic E-state index is 0.109. The summed E-state index contributed by atoms with van der Waals surface area (Å²) in [6.07, 6.45) is -2.29. The first-order valence-corrected chi connectivity index (χ1v) is 3.38. The number of hydrogen-bond donors (Lipinski definition) is 1. The summed E-state index contributed by atoms with van der Waals surface area (Å²) in [5.41, 5.74) is -1.56. The molecule has 0 unspecified atom stereocenters. The second-order valence-corrected chi connectivity index (χ2v) is 2.38.